The molecule has 0 aromatic rings. The van der Waals surface area contributed by atoms with E-state index in [1.54, 1.807) is 0 Å². The van der Waals surface area contributed by atoms with Crippen LogP contribution in [0.3, 0.4) is 0 Å². The maximum absolute atomic E-state index is 12.5. The number of carbonyl (C=O) groups is 3. The van der Waals surface area contributed by atoms with E-state index in [1.165, 1.54) is 76.0 Å². The van der Waals surface area contributed by atoms with Crippen molar-refractivity contribution >= 4 is 37.5 Å². The molecule has 0 aromatic heterocycles. The first-order valence-electron chi connectivity index (χ1n) is 19.8. The van der Waals surface area contributed by atoms with Gasteiger partial charge in [0.1, 0.15) is 12.7 Å². The van der Waals surface area contributed by atoms with E-state index in [0.29, 0.717) is 26.3 Å². The molecule has 0 fully saturated rings. The molecular formula is C36H73N4O11PS. The van der Waals surface area contributed by atoms with E-state index in [1.807, 2.05) is 0 Å². The van der Waals surface area contributed by atoms with Gasteiger partial charge in [-0.15, -0.1) is 0 Å². The van der Waals surface area contributed by atoms with E-state index in [-0.39, 0.29) is 63.2 Å². The molecule has 2 atom stereocenters. The Balaban J connectivity index is 4.38. The van der Waals surface area contributed by atoms with Crippen molar-refractivity contribution in [3.05, 3.63) is 0 Å². The van der Waals surface area contributed by atoms with Gasteiger partial charge in [-0.05, 0) is 12.8 Å². The number of alkyl carbamates (subject to hydrolysis) is 2. The van der Waals surface area contributed by atoms with Crippen LogP contribution in [0.15, 0.2) is 0 Å². The first-order chi connectivity index (χ1) is 25.6. The summed E-state index contributed by atoms with van der Waals surface area (Å²) >= 11 is 1.33. The first-order valence-corrected chi connectivity index (χ1v) is 22.8. The molecule has 0 rings (SSSR count). The summed E-state index contributed by atoms with van der Waals surface area (Å²) in [6.07, 6.45) is 16.5. The van der Waals surface area contributed by atoms with Crippen molar-refractivity contribution in [3.8, 4) is 0 Å². The number of carbonyl (C=O) groups excluding carboxylic acids is 3. The van der Waals surface area contributed by atoms with Gasteiger partial charge < -0.3 is 55.2 Å². The van der Waals surface area contributed by atoms with Crippen molar-refractivity contribution in [2.45, 2.75) is 129 Å². The molecule has 0 spiro atoms. The molecule has 0 radical (unpaired) electrons. The predicted molar refractivity (Wildman–Crippen MR) is 211 cm³/mol. The van der Waals surface area contributed by atoms with Crippen molar-refractivity contribution in [1.82, 2.24) is 16.0 Å². The minimum atomic E-state index is -4.05. The van der Waals surface area contributed by atoms with Crippen molar-refractivity contribution in [3.63, 3.8) is 0 Å². The summed E-state index contributed by atoms with van der Waals surface area (Å²) in [6.45, 7) is 6.89. The summed E-state index contributed by atoms with van der Waals surface area (Å²) in [6, 6.07) is -0.804. The molecule has 15 nitrogen and oxygen atoms in total. The topological polar surface area (TPSA) is 217 Å². The Kier molecular flexibility index (Phi) is 36.1. The van der Waals surface area contributed by atoms with Crippen LogP contribution in [0.1, 0.15) is 117 Å². The van der Waals surface area contributed by atoms with E-state index >= 15 is 0 Å². The van der Waals surface area contributed by atoms with Crippen LogP contribution >= 0.6 is 19.4 Å². The summed E-state index contributed by atoms with van der Waals surface area (Å²) in [7, 11) is -4.05. The summed E-state index contributed by atoms with van der Waals surface area (Å²) in [4.78, 5) is 54.9. The molecule has 0 unspecified atom stereocenters. The second-order valence-electron chi connectivity index (χ2n) is 13.1. The molecule has 17 heteroatoms. The van der Waals surface area contributed by atoms with Crippen molar-refractivity contribution < 1.29 is 52.4 Å². The lowest BCUT2D eigenvalue weighted by Gasteiger charge is -2.19. The second kappa shape index (κ2) is 37.3. The molecule has 0 bridgehead atoms. The number of amides is 3. The van der Waals surface area contributed by atoms with Crippen LogP contribution < -0.4 is 21.7 Å². The summed E-state index contributed by atoms with van der Waals surface area (Å²) in [5.41, 5.74) is 6.08. The van der Waals surface area contributed by atoms with Gasteiger partial charge >= 0.3 is 19.8 Å². The number of ether oxygens (including phenoxy) is 5. The molecule has 0 heterocycles. The Labute approximate surface area is 323 Å². The third kappa shape index (κ3) is 38.4. The average Bonchev–Trinajstić information content (AvgIpc) is 3.12. The van der Waals surface area contributed by atoms with E-state index in [9.17, 15) is 18.9 Å². The Bertz CT molecular complexity index is 936. The predicted octanol–water partition coefficient (Wildman–Crippen LogP) is 5.49. The smallest absolute Gasteiger partial charge is 0.407 e. The minimum Gasteiger partial charge on any atom is -0.446 e. The summed E-state index contributed by atoms with van der Waals surface area (Å²) < 4.78 is 37.5. The van der Waals surface area contributed by atoms with Crippen LogP contribution in [-0.4, -0.2) is 124 Å². The molecule has 0 saturated carbocycles. The fraction of sp³-hybridized carbons (Fsp3) is 0.917. The monoisotopic (exact) mass is 800 g/mol. The van der Waals surface area contributed by atoms with E-state index in [0.717, 1.165) is 38.5 Å². The highest BCUT2D eigenvalue weighted by Crippen LogP contribution is 2.33. The highest BCUT2D eigenvalue weighted by molar-refractivity contribution is 7.99. The molecule has 0 aromatic carbocycles. The fourth-order valence-electron chi connectivity index (χ4n) is 4.93. The lowest BCUT2D eigenvalue weighted by molar-refractivity contribution is -0.122. The van der Waals surface area contributed by atoms with Crippen molar-refractivity contribution in [2.75, 3.05) is 83.6 Å². The SMILES string of the molecule is CCCCCCCCCCNC(=O)OC[C@H](CSC[C@@H](N)C(=O)NCCOCCOCCOCCP(=O)(O)O)OC(=O)NCCCCCCCCCC. The molecule has 0 saturated heterocycles. The summed E-state index contributed by atoms with van der Waals surface area (Å²) in [5, 5.41) is 8.29. The third-order valence-corrected chi connectivity index (χ3v) is 10.00. The molecule has 7 N–H and O–H groups in total. The molecule has 3 amide bonds. The maximum atomic E-state index is 12.5. The highest BCUT2D eigenvalue weighted by atomic mass is 32.2. The molecule has 0 aliphatic heterocycles. The number of rotatable bonds is 38. The van der Waals surface area contributed by atoms with Gasteiger partial charge in [0.2, 0.25) is 5.91 Å². The third-order valence-electron chi connectivity index (χ3n) is 8.03. The zero-order valence-electron chi connectivity index (χ0n) is 32.7. The van der Waals surface area contributed by atoms with Gasteiger partial charge in [-0.3, -0.25) is 9.36 Å². The van der Waals surface area contributed by atoms with Gasteiger partial charge in [0.15, 0.2) is 0 Å². The van der Waals surface area contributed by atoms with Crippen molar-refractivity contribution in [2.24, 2.45) is 5.73 Å². The van der Waals surface area contributed by atoms with Crippen LogP contribution in [0.5, 0.6) is 0 Å². The number of hydrogen-bond donors (Lipinski definition) is 6. The molecule has 53 heavy (non-hydrogen) atoms. The van der Waals surface area contributed by atoms with Crippen LogP contribution in [0.25, 0.3) is 0 Å². The Morgan fingerprint density at radius 1 is 0.623 bits per heavy atom. The number of thioether (sulfide) groups is 1. The van der Waals surface area contributed by atoms with E-state index in [2.05, 4.69) is 29.8 Å². The Morgan fingerprint density at radius 2 is 1.09 bits per heavy atom. The van der Waals surface area contributed by atoms with Crippen molar-refractivity contribution in [1.29, 1.82) is 0 Å². The fourth-order valence-corrected chi connectivity index (χ4v) is 6.27. The van der Waals surface area contributed by atoms with Gasteiger partial charge in [-0.1, -0.05) is 104 Å². The zero-order valence-corrected chi connectivity index (χ0v) is 34.4. The lowest BCUT2D eigenvalue weighted by Crippen LogP contribution is -2.43. The molecule has 0 aliphatic carbocycles. The number of unbranched alkanes of at least 4 members (excludes halogenated alkanes) is 14. The number of hydrogen-bond acceptors (Lipinski definition) is 11. The van der Waals surface area contributed by atoms with Crippen LogP contribution in [0.2, 0.25) is 0 Å². The largest absolute Gasteiger partial charge is 0.446 e. The van der Waals surface area contributed by atoms with E-state index < -0.39 is 31.9 Å². The molecular weight excluding hydrogens is 727 g/mol. The Hall–Kier alpha value is -1.65. The summed E-state index contributed by atoms with van der Waals surface area (Å²) in [5.74, 6) is 0.207. The first kappa shape index (κ1) is 51.4. The van der Waals surface area contributed by atoms with Crippen LogP contribution in [0, 0.1) is 0 Å². The van der Waals surface area contributed by atoms with Crippen LogP contribution in [-0.2, 0) is 33.0 Å². The van der Waals surface area contributed by atoms with Gasteiger partial charge in [0, 0.05) is 31.1 Å². The van der Waals surface area contributed by atoms with Gasteiger partial charge in [-0.2, -0.15) is 11.8 Å². The van der Waals surface area contributed by atoms with Gasteiger partial charge in [-0.25, -0.2) is 9.59 Å². The number of nitrogens with two attached hydrogens (primary N) is 1. The maximum Gasteiger partial charge on any atom is 0.407 e. The zero-order chi connectivity index (χ0) is 39.3. The molecule has 314 valence electrons. The van der Waals surface area contributed by atoms with E-state index in [4.69, 9.17) is 39.2 Å². The van der Waals surface area contributed by atoms with Crippen LogP contribution in [0.4, 0.5) is 9.59 Å². The van der Waals surface area contributed by atoms with Gasteiger partial charge in [0.05, 0.1) is 51.8 Å². The molecule has 0 aliphatic rings. The minimum absolute atomic E-state index is 0.0396. The average molecular weight is 801 g/mol. The van der Waals surface area contributed by atoms with Gasteiger partial charge in [0.25, 0.3) is 0 Å². The normalized spacial score (nSPS) is 12.6. The standard InChI is InChI=1S/C36H73N4O11PS/c1-3-5-7-9-11-13-15-17-19-39-35(42)50-29-32(51-36(43)40-20-18-16-14-12-10-8-6-4-2)30-53-31-33(37)34(41)38-21-22-47-23-24-48-25-26-49-27-28-52(44,45)46/h32-33H,3-31,37H2,1-2H3,(H,38,41)(H,39,42)(H,40,43)(H2,44,45,46)/t32-,33-/m1/s1. The quantitative estimate of drug-likeness (QED) is 0.0337. The highest BCUT2D eigenvalue weighted by Gasteiger charge is 2.20. The number of nitrogens with one attached hydrogen (secondary N) is 3. The second-order valence-corrected chi connectivity index (χ2v) is 15.9. The lowest BCUT2D eigenvalue weighted by atomic mass is 10.1. The Morgan fingerprint density at radius 3 is 1.62 bits per heavy atom.